The van der Waals surface area contributed by atoms with E-state index in [9.17, 15) is 9.59 Å². The zero-order valence-corrected chi connectivity index (χ0v) is 11.6. The summed E-state index contributed by atoms with van der Waals surface area (Å²) in [5.41, 5.74) is 1.49. The highest BCUT2D eigenvalue weighted by molar-refractivity contribution is 6.05. The SMILES string of the molecule is CC(C(=O)O)C(=O)Nc1ccccc1NC1CCCC1. The Hall–Kier alpha value is -2.04. The number of carboxylic acids is 1. The first-order chi connectivity index (χ1) is 9.58. The number of rotatable bonds is 5. The maximum Gasteiger partial charge on any atom is 0.315 e. The minimum Gasteiger partial charge on any atom is -0.481 e. The van der Waals surface area contributed by atoms with E-state index in [2.05, 4.69) is 10.6 Å². The minimum atomic E-state index is -1.12. The molecule has 0 bridgehead atoms. The first-order valence-corrected chi connectivity index (χ1v) is 6.97. The maximum atomic E-state index is 11.8. The molecule has 0 aromatic heterocycles. The fourth-order valence-electron chi connectivity index (χ4n) is 2.36. The van der Waals surface area contributed by atoms with Crippen LogP contribution in [0.25, 0.3) is 0 Å². The fourth-order valence-corrected chi connectivity index (χ4v) is 2.36. The number of para-hydroxylation sites is 2. The highest BCUT2D eigenvalue weighted by Crippen LogP contribution is 2.27. The Balaban J connectivity index is 2.07. The predicted octanol–water partition coefficient (Wildman–Crippen LogP) is 2.70. The van der Waals surface area contributed by atoms with Gasteiger partial charge in [0, 0.05) is 6.04 Å². The number of anilines is 2. The lowest BCUT2D eigenvalue weighted by Crippen LogP contribution is -2.27. The molecule has 3 N–H and O–H groups in total. The normalized spacial score (nSPS) is 16.6. The number of aliphatic carboxylic acids is 1. The maximum absolute atomic E-state index is 11.8. The van der Waals surface area contributed by atoms with Crippen molar-refractivity contribution in [3.05, 3.63) is 24.3 Å². The summed E-state index contributed by atoms with van der Waals surface area (Å²) in [6, 6.07) is 7.84. The molecule has 1 saturated carbocycles. The molecule has 1 aliphatic rings. The lowest BCUT2D eigenvalue weighted by atomic mass is 10.1. The zero-order chi connectivity index (χ0) is 14.5. The number of carboxylic acid groups (broad SMARTS) is 1. The first kappa shape index (κ1) is 14.4. The van der Waals surface area contributed by atoms with Crippen molar-refractivity contribution in [2.75, 3.05) is 10.6 Å². The second kappa shape index (κ2) is 6.41. The van der Waals surface area contributed by atoms with Gasteiger partial charge in [-0.3, -0.25) is 9.59 Å². The van der Waals surface area contributed by atoms with Gasteiger partial charge in [0.15, 0.2) is 0 Å². The molecule has 0 radical (unpaired) electrons. The van der Waals surface area contributed by atoms with Crippen LogP contribution in [0.1, 0.15) is 32.6 Å². The summed E-state index contributed by atoms with van der Waals surface area (Å²) in [5.74, 6) is -2.68. The van der Waals surface area contributed by atoms with Crippen LogP contribution >= 0.6 is 0 Å². The van der Waals surface area contributed by atoms with E-state index in [4.69, 9.17) is 5.11 Å². The number of benzene rings is 1. The number of carbonyl (C=O) groups excluding carboxylic acids is 1. The van der Waals surface area contributed by atoms with Gasteiger partial charge in [-0.05, 0) is 31.9 Å². The van der Waals surface area contributed by atoms with Crippen molar-refractivity contribution in [3.63, 3.8) is 0 Å². The van der Waals surface area contributed by atoms with Gasteiger partial charge in [-0.15, -0.1) is 0 Å². The largest absolute Gasteiger partial charge is 0.481 e. The molecule has 0 saturated heterocycles. The van der Waals surface area contributed by atoms with Crippen molar-refractivity contribution in [2.24, 2.45) is 5.92 Å². The van der Waals surface area contributed by atoms with E-state index in [-0.39, 0.29) is 0 Å². The monoisotopic (exact) mass is 276 g/mol. The van der Waals surface area contributed by atoms with E-state index >= 15 is 0 Å². The van der Waals surface area contributed by atoms with Gasteiger partial charge in [-0.25, -0.2) is 0 Å². The smallest absolute Gasteiger partial charge is 0.315 e. The van der Waals surface area contributed by atoms with E-state index in [1.165, 1.54) is 19.8 Å². The van der Waals surface area contributed by atoms with Crippen LogP contribution in [0.2, 0.25) is 0 Å². The van der Waals surface area contributed by atoms with Gasteiger partial charge in [0.1, 0.15) is 5.92 Å². The molecule has 1 aromatic rings. The van der Waals surface area contributed by atoms with Crippen LogP contribution in [-0.2, 0) is 9.59 Å². The third kappa shape index (κ3) is 3.50. The van der Waals surface area contributed by atoms with Gasteiger partial charge >= 0.3 is 5.97 Å². The molecule has 1 fully saturated rings. The Morgan fingerprint density at radius 2 is 1.80 bits per heavy atom. The predicted molar refractivity (Wildman–Crippen MR) is 77.8 cm³/mol. The highest BCUT2D eigenvalue weighted by Gasteiger charge is 2.22. The fraction of sp³-hybridized carbons (Fsp3) is 0.467. The quantitative estimate of drug-likeness (QED) is 0.722. The molecule has 1 aliphatic carbocycles. The third-order valence-electron chi connectivity index (χ3n) is 3.66. The Labute approximate surface area is 118 Å². The number of hydrogen-bond acceptors (Lipinski definition) is 3. The lowest BCUT2D eigenvalue weighted by Gasteiger charge is -2.18. The van der Waals surface area contributed by atoms with Crippen molar-refractivity contribution in [2.45, 2.75) is 38.6 Å². The Morgan fingerprint density at radius 3 is 2.40 bits per heavy atom. The topological polar surface area (TPSA) is 78.4 Å². The van der Waals surface area contributed by atoms with Gasteiger partial charge in [-0.2, -0.15) is 0 Å². The van der Waals surface area contributed by atoms with Crippen molar-refractivity contribution in [1.29, 1.82) is 0 Å². The molecular formula is C15H20N2O3. The summed E-state index contributed by atoms with van der Waals surface area (Å²) in [5, 5.41) is 15.0. The van der Waals surface area contributed by atoms with Crippen LogP contribution in [0.3, 0.4) is 0 Å². The Kier molecular flexibility index (Phi) is 4.61. The standard InChI is InChI=1S/C15H20N2O3/c1-10(15(19)20)14(18)17-13-9-5-4-8-12(13)16-11-6-2-3-7-11/h4-5,8-11,16H,2-3,6-7H2,1H3,(H,17,18)(H,19,20). The van der Waals surface area contributed by atoms with Gasteiger partial charge in [0.2, 0.25) is 5.91 Å². The average Bonchev–Trinajstić information content (AvgIpc) is 2.92. The molecule has 1 amide bonds. The second-order valence-electron chi connectivity index (χ2n) is 5.22. The summed E-state index contributed by atoms with van der Waals surface area (Å²) in [4.78, 5) is 22.6. The molecule has 1 unspecified atom stereocenters. The molecule has 1 atom stereocenters. The van der Waals surface area contributed by atoms with Crippen LogP contribution < -0.4 is 10.6 Å². The van der Waals surface area contributed by atoms with Gasteiger partial charge in [-0.1, -0.05) is 25.0 Å². The third-order valence-corrected chi connectivity index (χ3v) is 3.66. The van der Waals surface area contributed by atoms with E-state index in [1.807, 2.05) is 18.2 Å². The van der Waals surface area contributed by atoms with Crippen molar-refractivity contribution in [3.8, 4) is 0 Å². The second-order valence-corrected chi connectivity index (χ2v) is 5.22. The first-order valence-electron chi connectivity index (χ1n) is 6.97. The van der Waals surface area contributed by atoms with E-state index in [1.54, 1.807) is 6.07 Å². The van der Waals surface area contributed by atoms with Crippen molar-refractivity contribution < 1.29 is 14.7 Å². The molecule has 5 heteroatoms. The van der Waals surface area contributed by atoms with Gasteiger partial charge in [0.05, 0.1) is 11.4 Å². The van der Waals surface area contributed by atoms with E-state index < -0.39 is 17.8 Å². The van der Waals surface area contributed by atoms with E-state index in [0.717, 1.165) is 18.5 Å². The number of amides is 1. The van der Waals surface area contributed by atoms with E-state index in [0.29, 0.717) is 11.7 Å². The van der Waals surface area contributed by atoms with Crippen LogP contribution in [0, 0.1) is 5.92 Å². The number of carbonyl (C=O) groups is 2. The van der Waals surface area contributed by atoms with Crippen LogP contribution in [0.5, 0.6) is 0 Å². The molecule has 108 valence electrons. The van der Waals surface area contributed by atoms with Crippen molar-refractivity contribution in [1.82, 2.24) is 0 Å². The molecule has 2 rings (SSSR count). The summed E-state index contributed by atoms with van der Waals surface area (Å²) in [6.07, 6.45) is 4.71. The summed E-state index contributed by atoms with van der Waals surface area (Å²) < 4.78 is 0. The molecule has 0 aliphatic heterocycles. The summed E-state index contributed by atoms with van der Waals surface area (Å²) in [7, 11) is 0. The molecule has 20 heavy (non-hydrogen) atoms. The summed E-state index contributed by atoms with van der Waals surface area (Å²) >= 11 is 0. The number of nitrogens with one attached hydrogen (secondary N) is 2. The highest BCUT2D eigenvalue weighted by atomic mass is 16.4. The Bertz CT molecular complexity index is 496. The number of hydrogen-bond donors (Lipinski definition) is 3. The molecule has 5 nitrogen and oxygen atoms in total. The molecule has 0 spiro atoms. The Morgan fingerprint density at radius 1 is 1.20 bits per heavy atom. The lowest BCUT2D eigenvalue weighted by molar-refractivity contribution is -0.144. The van der Waals surface area contributed by atoms with Crippen LogP contribution in [0.15, 0.2) is 24.3 Å². The average molecular weight is 276 g/mol. The summed E-state index contributed by atoms with van der Waals surface area (Å²) in [6.45, 7) is 1.38. The zero-order valence-electron chi connectivity index (χ0n) is 11.6. The van der Waals surface area contributed by atoms with Gasteiger partial charge in [0.25, 0.3) is 0 Å². The van der Waals surface area contributed by atoms with Crippen LogP contribution in [0.4, 0.5) is 11.4 Å². The molecule has 0 heterocycles. The minimum absolute atomic E-state index is 0.435. The molecular weight excluding hydrogens is 256 g/mol. The molecule has 1 aromatic carbocycles. The van der Waals surface area contributed by atoms with Crippen molar-refractivity contribution >= 4 is 23.3 Å². The van der Waals surface area contributed by atoms with Gasteiger partial charge < -0.3 is 15.7 Å². The van der Waals surface area contributed by atoms with Crippen LogP contribution in [-0.4, -0.2) is 23.0 Å².